The third kappa shape index (κ3) is 27.7. The molecule has 0 fully saturated rings. The second kappa shape index (κ2) is 25.4. The van der Waals surface area contributed by atoms with Gasteiger partial charge in [-0.25, -0.2) is 0 Å². The van der Waals surface area contributed by atoms with E-state index in [1.54, 1.807) is 46.2 Å². The Labute approximate surface area is 151 Å². The Hall–Kier alpha value is -0.537. The van der Waals surface area contributed by atoms with E-state index in [9.17, 15) is 15.3 Å². The Morgan fingerprint density at radius 3 is 1.36 bits per heavy atom. The van der Waals surface area contributed by atoms with E-state index < -0.39 is 0 Å². The van der Waals surface area contributed by atoms with Gasteiger partial charge in [0.25, 0.3) is 0 Å². The summed E-state index contributed by atoms with van der Waals surface area (Å²) in [6.07, 6.45) is 12.3. The van der Waals surface area contributed by atoms with Gasteiger partial charge in [0.05, 0.1) is 0 Å². The molecule has 3 nitrogen and oxygen atoms in total. The molecule has 22 heavy (non-hydrogen) atoms. The first kappa shape index (κ1) is 26.4. The molecule has 0 heterocycles. The molecule has 0 amide bonds. The zero-order valence-electron chi connectivity index (χ0n) is 13.7. The fraction of sp³-hybridized carbons (Fsp3) is 0.444. The number of allylic oxidation sites excluding steroid dienone is 4. The van der Waals surface area contributed by atoms with Crippen molar-refractivity contribution in [2.24, 2.45) is 0 Å². The van der Waals surface area contributed by atoms with Gasteiger partial charge < -0.3 is 15.3 Å². The van der Waals surface area contributed by atoms with E-state index in [0.717, 1.165) is 0 Å². The van der Waals surface area contributed by atoms with Crippen molar-refractivity contribution >= 4 is 0 Å². The first-order valence-corrected chi connectivity index (χ1v) is 8.43. The summed E-state index contributed by atoms with van der Waals surface area (Å²) in [5.74, 6) is 0. The normalized spacial score (nSPS) is 11.2. The molecule has 0 atom stereocenters. The van der Waals surface area contributed by atoms with Crippen LogP contribution >= 0.6 is 0 Å². The standard InChI is InChI=1S/C6H7.3C4H7O.Zr/c1-6-4-2-3-5-6;3*1-2-3-4-5;/h2,4H,3H2,1H3;3*2H,1,3-4H2;/q;3*-1;+3. The van der Waals surface area contributed by atoms with E-state index >= 15 is 0 Å². The van der Waals surface area contributed by atoms with Crippen molar-refractivity contribution in [1.29, 1.82) is 0 Å². The Kier molecular flexibility index (Phi) is 30.5. The average molecular weight is 384 g/mol. The molecule has 4 heteroatoms. The van der Waals surface area contributed by atoms with Crippen LogP contribution in [0, 0.1) is 0 Å². The summed E-state index contributed by atoms with van der Waals surface area (Å²) in [5.41, 5.74) is 1.48. The molecule has 0 radical (unpaired) electrons. The van der Waals surface area contributed by atoms with Gasteiger partial charge in [-0.2, -0.15) is 0 Å². The van der Waals surface area contributed by atoms with Crippen molar-refractivity contribution in [3.63, 3.8) is 0 Å². The Morgan fingerprint density at radius 1 is 0.955 bits per heavy atom. The number of hydrogen-bond acceptors (Lipinski definition) is 3. The second-order valence-corrected chi connectivity index (χ2v) is 5.60. The molecule has 0 saturated heterocycles. The van der Waals surface area contributed by atoms with Crippen molar-refractivity contribution in [2.75, 3.05) is 19.8 Å². The summed E-state index contributed by atoms with van der Waals surface area (Å²) in [4.78, 5) is 0. The topological polar surface area (TPSA) is 69.2 Å². The summed E-state index contributed by atoms with van der Waals surface area (Å²) in [5, 5.41) is 28.4. The Bertz CT molecular complexity index is 297. The molecular weight excluding hydrogens is 355 g/mol. The van der Waals surface area contributed by atoms with Gasteiger partial charge in [-0.1, -0.05) is 37.5 Å². The molecule has 0 unspecified atom stereocenters. The van der Waals surface area contributed by atoms with Crippen molar-refractivity contribution in [3.8, 4) is 0 Å². The van der Waals surface area contributed by atoms with Crippen LogP contribution in [0.2, 0.25) is 0 Å². The van der Waals surface area contributed by atoms with Gasteiger partial charge in [-0.05, 0) is 0 Å². The number of hydrogen-bond donors (Lipinski definition) is 0. The monoisotopic (exact) mass is 382 g/mol. The third-order valence-electron chi connectivity index (χ3n) is 2.13. The minimum absolute atomic E-state index is 0.0243. The molecule has 1 aliphatic rings. The van der Waals surface area contributed by atoms with E-state index in [1.807, 2.05) is 0 Å². The molecule has 0 saturated carbocycles. The molecule has 1 rings (SSSR count). The summed E-state index contributed by atoms with van der Waals surface area (Å²) >= 11 is 1.58. The first-order valence-electron chi connectivity index (χ1n) is 7.20. The molecule has 0 aromatic rings. The van der Waals surface area contributed by atoms with E-state index in [-0.39, 0.29) is 19.8 Å². The van der Waals surface area contributed by atoms with Crippen LogP contribution in [0.3, 0.4) is 0 Å². The predicted octanol–water partition coefficient (Wildman–Crippen LogP) is 1.54. The maximum absolute atomic E-state index is 9.46. The number of rotatable bonds is 6. The van der Waals surface area contributed by atoms with Crippen LogP contribution in [0.15, 0.2) is 59.0 Å². The van der Waals surface area contributed by atoms with E-state index in [4.69, 9.17) is 0 Å². The molecule has 0 bridgehead atoms. The fourth-order valence-electron chi connectivity index (χ4n) is 0.865. The zero-order chi connectivity index (χ0) is 17.6. The molecule has 122 valence electrons. The van der Waals surface area contributed by atoms with E-state index in [2.05, 4.69) is 38.8 Å². The van der Waals surface area contributed by atoms with Gasteiger partial charge in [0.1, 0.15) is 0 Å². The SMILES string of the molecule is C=CCC[O-].C=CCC[O-].C=CCC[O-].CC1=[C]([Zr+3])CC=C1. The molecule has 0 aliphatic heterocycles. The van der Waals surface area contributed by atoms with Crippen LogP contribution in [-0.2, 0) is 24.7 Å². The summed E-state index contributed by atoms with van der Waals surface area (Å²) in [6, 6.07) is 0. The fourth-order valence-corrected chi connectivity index (χ4v) is 1.36. The molecule has 0 aromatic heterocycles. The van der Waals surface area contributed by atoms with Gasteiger partial charge in [0, 0.05) is 0 Å². The Balaban J connectivity index is -0.000000223. The Morgan fingerprint density at radius 2 is 1.32 bits per heavy atom. The van der Waals surface area contributed by atoms with Gasteiger partial charge in [0.2, 0.25) is 0 Å². The zero-order valence-corrected chi connectivity index (χ0v) is 16.1. The molecular formula is C18H28O3Zr. The average Bonchev–Trinajstić information content (AvgIpc) is 2.87. The minimum atomic E-state index is -0.0243. The van der Waals surface area contributed by atoms with Crippen LogP contribution < -0.4 is 15.3 Å². The van der Waals surface area contributed by atoms with E-state index in [1.165, 1.54) is 12.0 Å². The third-order valence-corrected chi connectivity index (χ3v) is 3.60. The van der Waals surface area contributed by atoms with Gasteiger partial charge >= 0.3 is 59.1 Å². The molecule has 0 N–H and O–H groups in total. The summed E-state index contributed by atoms with van der Waals surface area (Å²) < 4.78 is 1.60. The maximum atomic E-state index is 9.46. The van der Waals surface area contributed by atoms with E-state index in [0.29, 0.717) is 19.3 Å². The first-order chi connectivity index (χ1) is 10.5. The van der Waals surface area contributed by atoms with Crippen LogP contribution in [0.1, 0.15) is 32.6 Å². The van der Waals surface area contributed by atoms with Gasteiger partial charge in [-0.15, -0.1) is 39.6 Å². The van der Waals surface area contributed by atoms with Crippen LogP contribution in [0.25, 0.3) is 0 Å². The molecule has 0 aromatic carbocycles. The quantitative estimate of drug-likeness (QED) is 0.653. The predicted molar refractivity (Wildman–Crippen MR) is 85.5 cm³/mol. The van der Waals surface area contributed by atoms with Crippen molar-refractivity contribution in [3.05, 3.63) is 59.0 Å². The van der Waals surface area contributed by atoms with Gasteiger partial charge in [0.15, 0.2) is 0 Å². The second-order valence-electron chi connectivity index (χ2n) is 4.11. The van der Waals surface area contributed by atoms with Crippen LogP contribution in [0.5, 0.6) is 0 Å². The summed E-state index contributed by atoms with van der Waals surface area (Å²) in [7, 11) is 0. The van der Waals surface area contributed by atoms with Crippen LogP contribution in [0.4, 0.5) is 0 Å². The van der Waals surface area contributed by atoms with Crippen molar-refractivity contribution in [2.45, 2.75) is 32.6 Å². The van der Waals surface area contributed by atoms with Crippen molar-refractivity contribution in [1.82, 2.24) is 0 Å². The van der Waals surface area contributed by atoms with Gasteiger partial charge in [-0.3, -0.25) is 0 Å². The van der Waals surface area contributed by atoms with Crippen molar-refractivity contribution < 1.29 is 40.0 Å². The summed E-state index contributed by atoms with van der Waals surface area (Å²) in [6.45, 7) is 12.2. The molecule has 0 spiro atoms. The molecule has 1 aliphatic carbocycles. The van der Waals surface area contributed by atoms with Crippen LogP contribution in [-0.4, -0.2) is 19.8 Å².